The fourth-order valence-electron chi connectivity index (χ4n) is 2.08. The van der Waals surface area contributed by atoms with Crippen molar-refractivity contribution in [3.63, 3.8) is 0 Å². The van der Waals surface area contributed by atoms with Crippen molar-refractivity contribution in [1.29, 1.82) is 0 Å². The molecular weight excluding hydrogens is 306 g/mol. The van der Waals surface area contributed by atoms with Crippen molar-refractivity contribution < 1.29 is 14.3 Å². The smallest absolute Gasteiger partial charge is 0.321 e. The van der Waals surface area contributed by atoms with Crippen molar-refractivity contribution in [2.24, 2.45) is 0 Å². The van der Waals surface area contributed by atoms with E-state index < -0.39 is 0 Å². The second kappa shape index (κ2) is 8.01. The molecule has 6 nitrogen and oxygen atoms in total. The summed E-state index contributed by atoms with van der Waals surface area (Å²) in [5.41, 5.74) is 3.48. The summed E-state index contributed by atoms with van der Waals surface area (Å²) < 4.78 is 5.57. The van der Waals surface area contributed by atoms with Crippen LogP contribution in [0.5, 0.6) is 5.75 Å². The van der Waals surface area contributed by atoms with Crippen LogP contribution in [-0.2, 0) is 4.79 Å². The minimum atomic E-state index is -0.368. The van der Waals surface area contributed by atoms with Gasteiger partial charge >= 0.3 is 6.03 Å². The van der Waals surface area contributed by atoms with Gasteiger partial charge in [0.2, 0.25) is 5.91 Å². The molecule has 0 atom stereocenters. The number of nitrogens with one attached hydrogen (secondary N) is 3. The van der Waals surface area contributed by atoms with Crippen LogP contribution in [0.1, 0.15) is 18.1 Å². The van der Waals surface area contributed by atoms with E-state index in [9.17, 15) is 9.59 Å². The van der Waals surface area contributed by atoms with E-state index in [4.69, 9.17) is 4.74 Å². The summed E-state index contributed by atoms with van der Waals surface area (Å²) >= 11 is 0. The first-order chi connectivity index (χ1) is 11.5. The molecule has 0 saturated heterocycles. The van der Waals surface area contributed by atoms with Gasteiger partial charge < -0.3 is 20.7 Å². The number of aryl methyl sites for hydroxylation is 1. The first kappa shape index (κ1) is 17.3. The lowest BCUT2D eigenvalue weighted by Crippen LogP contribution is -2.32. The second-order valence-electron chi connectivity index (χ2n) is 5.38. The molecule has 0 aliphatic heterocycles. The molecule has 0 spiro atoms. The lowest BCUT2D eigenvalue weighted by atomic mass is 10.1. The zero-order valence-electron chi connectivity index (χ0n) is 14.0. The molecule has 0 aliphatic rings. The van der Waals surface area contributed by atoms with Gasteiger partial charge in [-0.1, -0.05) is 12.1 Å². The van der Waals surface area contributed by atoms with E-state index in [1.54, 1.807) is 24.3 Å². The Hall–Kier alpha value is -3.02. The first-order valence-electron chi connectivity index (χ1n) is 7.57. The van der Waals surface area contributed by atoms with Crippen LogP contribution in [0.3, 0.4) is 0 Å². The first-order valence-corrected chi connectivity index (χ1v) is 7.57. The number of ether oxygens (including phenoxy) is 1. The molecule has 3 N–H and O–H groups in total. The zero-order valence-corrected chi connectivity index (χ0v) is 14.0. The highest BCUT2D eigenvalue weighted by Gasteiger charge is 2.04. The predicted molar refractivity (Wildman–Crippen MR) is 94.3 cm³/mol. The molecule has 3 amide bonds. The fourth-order valence-corrected chi connectivity index (χ4v) is 2.08. The third-order valence-electron chi connectivity index (χ3n) is 3.48. The maximum atomic E-state index is 11.8. The molecule has 0 heterocycles. The molecule has 0 bridgehead atoms. The summed E-state index contributed by atoms with van der Waals surface area (Å²) in [6.45, 7) is 5.49. The summed E-state index contributed by atoms with van der Waals surface area (Å²) in [4.78, 5) is 22.8. The quantitative estimate of drug-likeness (QED) is 0.736. The molecule has 0 saturated carbocycles. The van der Waals surface area contributed by atoms with Crippen LogP contribution in [0, 0.1) is 13.8 Å². The fraction of sp³-hybridized carbons (Fsp3) is 0.222. The molecular formula is C18H21N3O3. The van der Waals surface area contributed by atoms with E-state index in [1.807, 2.05) is 32.0 Å². The number of hydrogen-bond donors (Lipinski definition) is 3. The van der Waals surface area contributed by atoms with Gasteiger partial charge in [-0.25, -0.2) is 4.79 Å². The Morgan fingerprint density at radius 2 is 1.58 bits per heavy atom. The van der Waals surface area contributed by atoms with Crippen LogP contribution in [0.25, 0.3) is 0 Å². The number of rotatable bonds is 5. The Balaban J connectivity index is 1.81. The van der Waals surface area contributed by atoms with Crippen LogP contribution in [0.2, 0.25) is 0 Å². The summed E-state index contributed by atoms with van der Waals surface area (Å²) in [7, 11) is 0. The Morgan fingerprint density at radius 3 is 2.21 bits per heavy atom. The van der Waals surface area contributed by atoms with E-state index >= 15 is 0 Å². The van der Waals surface area contributed by atoms with Gasteiger partial charge in [0.1, 0.15) is 5.75 Å². The van der Waals surface area contributed by atoms with Gasteiger partial charge in [0, 0.05) is 18.3 Å². The van der Waals surface area contributed by atoms with E-state index in [0.717, 1.165) is 16.9 Å². The van der Waals surface area contributed by atoms with E-state index in [1.165, 1.54) is 6.92 Å². The number of hydrogen-bond acceptors (Lipinski definition) is 3. The highest BCUT2D eigenvalue weighted by molar-refractivity contribution is 5.91. The van der Waals surface area contributed by atoms with E-state index in [2.05, 4.69) is 16.0 Å². The lowest BCUT2D eigenvalue weighted by Gasteiger charge is -2.12. The number of carbonyl (C=O) groups excluding carboxylic acids is 2. The van der Waals surface area contributed by atoms with Gasteiger partial charge in [-0.15, -0.1) is 0 Å². The number of anilines is 2. The van der Waals surface area contributed by atoms with Crippen molar-refractivity contribution in [2.45, 2.75) is 20.8 Å². The summed E-state index contributed by atoms with van der Waals surface area (Å²) in [6, 6.07) is 12.2. The second-order valence-corrected chi connectivity index (χ2v) is 5.38. The topological polar surface area (TPSA) is 79.5 Å². The number of carbonyl (C=O) groups is 2. The molecule has 0 aromatic heterocycles. The Morgan fingerprint density at radius 1 is 0.958 bits per heavy atom. The molecule has 6 heteroatoms. The average Bonchev–Trinajstić information content (AvgIpc) is 2.53. The molecule has 126 valence electrons. The highest BCUT2D eigenvalue weighted by atomic mass is 16.5. The largest absolute Gasteiger partial charge is 0.473 e. The van der Waals surface area contributed by atoms with Crippen molar-refractivity contribution in [3.8, 4) is 5.75 Å². The van der Waals surface area contributed by atoms with Crippen LogP contribution in [0.15, 0.2) is 42.5 Å². The Kier molecular flexibility index (Phi) is 5.78. The predicted octanol–water partition coefficient (Wildman–Crippen LogP) is 3.42. The van der Waals surface area contributed by atoms with E-state index in [-0.39, 0.29) is 18.7 Å². The number of urea groups is 1. The Labute approximate surface area is 141 Å². The standard InChI is InChI=1S/C18H21N3O3/c1-12-5-4-6-17(13(12)2)24-11-19-18(23)21-16-9-7-15(8-10-16)20-14(3)22/h4-10H,11H2,1-3H3,(H,20,22)(H2,19,21,23). The van der Waals surface area contributed by atoms with Crippen LogP contribution >= 0.6 is 0 Å². The SMILES string of the molecule is CC(=O)Nc1ccc(NC(=O)NCOc2cccc(C)c2C)cc1. The Bertz CT molecular complexity index is 727. The van der Waals surface area contributed by atoms with Crippen molar-refractivity contribution >= 4 is 23.3 Å². The molecule has 0 fully saturated rings. The van der Waals surface area contributed by atoms with Crippen molar-refractivity contribution in [2.75, 3.05) is 17.4 Å². The van der Waals surface area contributed by atoms with Gasteiger partial charge in [-0.05, 0) is 55.3 Å². The summed E-state index contributed by atoms with van der Waals surface area (Å²) in [5, 5.41) is 7.98. The maximum absolute atomic E-state index is 11.8. The lowest BCUT2D eigenvalue weighted by molar-refractivity contribution is -0.114. The monoisotopic (exact) mass is 327 g/mol. The maximum Gasteiger partial charge on any atom is 0.321 e. The van der Waals surface area contributed by atoms with E-state index in [0.29, 0.717) is 11.4 Å². The minimum absolute atomic E-state index is 0.0695. The normalized spacial score (nSPS) is 9.96. The van der Waals surface area contributed by atoms with Crippen LogP contribution < -0.4 is 20.7 Å². The third kappa shape index (κ3) is 5.01. The molecule has 2 aromatic rings. The zero-order chi connectivity index (χ0) is 17.5. The highest BCUT2D eigenvalue weighted by Crippen LogP contribution is 2.20. The van der Waals surface area contributed by atoms with Gasteiger partial charge in [0.05, 0.1) is 0 Å². The summed E-state index contributed by atoms with van der Waals surface area (Å²) in [6.07, 6.45) is 0. The van der Waals surface area contributed by atoms with Crippen molar-refractivity contribution in [3.05, 3.63) is 53.6 Å². The summed E-state index contributed by atoms with van der Waals surface area (Å²) in [5.74, 6) is 0.604. The van der Waals surface area contributed by atoms with Gasteiger partial charge in [-0.2, -0.15) is 0 Å². The number of amides is 3. The molecule has 2 aromatic carbocycles. The van der Waals surface area contributed by atoms with Gasteiger partial charge in [0.15, 0.2) is 6.73 Å². The molecule has 0 radical (unpaired) electrons. The van der Waals surface area contributed by atoms with Crippen LogP contribution in [0.4, 0.5) is 16.2 Å². The number of benzene rings is 2. The third-order valence-corrected chi connectivity index (χ3v) is 3.48. The molecule has 0 aliphatic carbocycles. The average molecular weight is 327 g/mol. The van der Waals surface area contributed by atoms with Crippen molar-refractivity contribution in [1.82, 2.24) is 5.32 Å². The minimum Gasteiger partial charge on any atom is -0.473 e. The van der Waals surface area contributed by atoms with Gasteiger partial charge in [0.25, 0.3) is 0 Å². The molecule has 0 unspecified atom stereocenters. The molecule has 24 heavy (non-hydrogen) atoms. The van der Waals surface area contributed by atoms with Gasteiger partial charge in [-0.3, -0.25) is 4.79 Å². The molecule has 2 rings (SSSR count). The van der Waals surface area contributed by atoms with Crippen LogP contribution in [-0.4, -0.2) is 18.7 Å².